The summed E-state index contributed by atoms with van der Waals surface area (Å²) in [7, 11) is 0. The number of rotatable bonds is 4. The molecule has 0 spiro atoms. The minimum atomic E-state index is -4.31. The van der Waals surface area contributed by atoms with Gasteiger partial charge >= 0.3 is 6.18 Å². The number of alkyl halides is 3. The van der Waals surface area contributed by atoms with Crippen LogP contribution in [-0.2, 0) is 4.74 Å². The number of morpholine rings is 1. The molecule has 0 radical (unpaired) electrons. The molecule has 0 aromatic heterocycles. The number of hydrogen-bond donors (Lipinski definition) is 2. The van der Waals surface area contributed by atoms with E-state index in [1.165, 1.54) is 4.90 Å². The topological polar surface area (TPSA) is 62.9 Å². The predicted molar refractivity (Wildman–Crippen MR) is 89.5 cm³/mol. The zero-order valence-corrected chi connectivity index (χ0v) is 14.8. The standard InChI is InChI=1S/C13H23F3N4O.HI/c14-13(15,16)11(20-5-7-21-8-6-20)9-18-12(17)19-10-3-1-2-4-10;/h10-11H,1-9H2,(H3,17,18,19);1H. The fourth-order valence-corrected chi connectivity index (χ4v) is 2.82. The highest BCUT2D eigenvalue weighted by Gasteiger charge is 2.43. The molecule has 9 heteroatoms. The van der Waals surface area contributed by atoms with Crippen LogP contribution in [0.15, 0.2) is 4.99 Å². The van der Waals surface area contributed by atoms with Crippen molar-refractivity contribution in [2.45, 2.75) is 43.9 Å². The van der Waals surface area contributed by atoms with E-state index in [4.69, 9.17) is 10.5 Å². The molecule has 0 aromatic rings. The van der Waals surface area contributed by atoms with Crippen LogP contribution in [0.3, 0.4) is 0 Å². The number of nitrogens with one attached hydrogen (secondary N) is 1. The summed E-state index contributed by atoms with van der Waals surface area (Å²) in [6.45, 7) is 0.832. The zero-order valence-electron chi connectivity index (χ0n) is 12.4. The number of ether oxygens (including phenoxy) is 1. The van der Waals surface area contributed by atoms with Crippen LogP contribution in [0.25, 0.3) is 0 Å². The summed E-state index contributed by atoms with van der Waals surface area (Å²) in [6.07, 6.45) is -0.0486. The molecule has 1 heterocycles. The maximum absolute atomic E-state index is 13.1. The summed E-state index contributed by atoms with van der Waals surface area (Å²) in [5, 5.41) is 3.01. The molecule has 1 unspecified atom stereocenters. The van der Waals surface area contributed by atoms with Gasteiger partial charge in [0, 0.05) is 19.1 Å². The average Bonchev–Trinajstić information content (AvgIpc) is 2.91. The van der Waals surface area contributed by atoms with Gasteiger partial charge in [0.1, 0.15) is 6.04 Å². The third-order valence-corrected chi connectivity index (χ3v) is 4.01. The highest BCUT2D eigenvalue weighted by Crippen LogP contribution is 2.26. The third-order valence-electron chi connectivity index (χ3n) is 4.01. The minimum absolute atomic E-state index is 0. The number of halogens is 4. The van der Waals surface area contributed by atoms with Crippen LogP contribution in [0.5, 0.6) is 0 Å². The molecular formula is C13H24F3IN4O. The second-order valence-corrected chi connectivity index (χ2v) is 5.56. The fraction of sp³-hybridized carbons (Fsp3) is 0.923. The van der Waals surface area contributed by atoms with Crippen molar-refractivity contribution >= 4 is 29.9 Å². The Hall–Kier alpha value is -0.290. The molecule has 0 amide bonds. The van der Waals surface area contributed by atoms with Gasteiger partial charge in [-0.3, -0.25) is 9.89 Å². The number of hydrogen-bond acceptors (Lipinski definition) is 3. The van der Waals surface area contributed by atoms with E-state index in [0.29, 0.717) is 13.2 Å². The Labute approximate surface area is 145 Å². The van der Waals surface area contributed by atoms with E-state index < -0.39 is 12.2 Å². The lowest BCUT2D eigenvalue weighted by Crippen LogP contribution is -2.52. The maximum Gasteiger partial charge on any atom is 0.405 e. The van der Waals surface area contributed by atoms with E-state index >= 15 is 0 Å². The predicted octanol–water partition coefficient (Wildman–Crippen LogP) is 1.71. The number of nitrogens with zero attached hydrogens (tertiary/aromatic N) is 2. The Bertz CT molecular complexity index is 356. The molecule has 0 aromatic carbocycles. The van der Waals surface area contributed by atoms with E-state index in [2.05, 4.69) is 10.3 Å². The lowest BCUT2D eigenvalue weighted by molar-refractivity contribution is -0.188. The molecule has 3 N–H and O–H groups in total. The number of guanidine groups is 1. The van der Waals surface area contributed by atoms with Crippen LogP contribution in [0.2, 0.25) is 0 Å². The third kappa shape index (κ3) is 6.07. The van der Waals surface area contributed by atoms with Gasteiger partial charge in [-0.05, 0) is 12.8 Å². The Morgan fingerprint density at radius 1 is 1.27 bits per heavy atom. The molecule has 1 saturated heterocycles. The molecule has 1 aliphatic carbocycles. The van der Waals surface area contributed by atoms with Gasteiger partial charge in [-0.15, -0.1) is 24.0 Å². The first-order chi connectivity index (χ1) is 9.97. The van der Waals surface area contributed by atoms with Crippen LogP contribution < -0.4 is 11.1 Å². The van der Waals surface area contributed by atoms with Crippen LogP contribution >= 0.6 is 24.0 Å². The quantitative estimate of drug-likeness (QED) is 0.400. The van der Waals surface area contributed by atoms with Gasteiger partial charge in [-0.25, -0.2) is 0 Å². The Morgan fingerprint density at radius 3 is 2.41 bits per heavy atom. The van der Waals surface area contributed by atoms with E-state index in [0.717, 1.165) is 25.7 Å². The van der Waals surface area contributed by atoms with Crippen molar-refractivity contribution in [3.8, 4) is 0 Å². The van der Waals surface area contributed by atoms with Crippen LogP contribution in [0.4, 0.5) is 13.2 Å². The van der Waals surface area contributed by atoms with Crippen molar-refractivity contribution < 1.29 is 17.9 Å². The molecule has 0 bridgehead atoms. The van der Waals surface area contributed by atoms with E-state index in [1.54, 1.807) is 0 Å². The van der Waals surface area contributed by atoms with Gasteiger partial charge in [0.05, 0.1) is 19.8 Å². The second kappa shape index (κ2) is 9.11. The van der Waals surface area contributed by atoms with Gasteiger partial charge in [0.15, 0.2) is 5.96 Å². The number of aliphatic imine (C=N–C) groups is 1. The number of nitrogens with two attached hydrogens (primary N) is 1. The molecular weight excluding hydrogens is 412 g/mol. The van der Waals surface area contributed by atoms with Gasteiger partial charge < -0.3 is 15.8 Å². The van der Waals surface area contributed by atoms with E-state index in [-0.39, 0.29) is 55.6 Å². The first kappa shape index (κ1) is 19.8. The first-order valence-corrected chi connectivity index (χ1v) is 7.42. The normalized spacial score (nSPS) is 23.1. The smallest absolute Gasteiger partial charge is 0.379 e. The summed E-state index contributed by atoms with van der Waals surface area (Å²) < 4.78 is 44.5. The van der Waals surface area contributed by atoms with Crippen molar-refractivity contribution in [1.82, 2.24) is 10.2 Å². The Morgan fingerprint density at radius 2 is 1.86 bits per heavy atom. The molecule has 1 aliphatic heterocycles. The molecule has 22 heavy (non-hydrogen) atoms. The monoisotopic (exact) mass is 436 g/mol. The molecule has 2 rings (SSSR count). The second-order valence-electron chi connectivity index (χ2n) is 5.56. The van der Waals surface area contributed by atoms with Crippen molar-refractivity contribution in [1.29, 1.82) is 0 Å². The van der Waals surface area contributed by atoms with Crippen LogP contribution in [0, 0.1) is 0 Å². The van der Waals surface area contributed by atoms with Crippen molar-refractivity contribution in [3.05, 3.63) is 0 Å². The van der Waals surface area contributed by atoms with Gasteiger partial charge in [-0.2, -0.15) is 13.2 Å². The molecule has 1 saturated carbocycles. The maximum atomic E-state index is 13.1. The Kier molecular flexibility index (Phi) is 8.19. The van der Waals surface area contributed by atoms with Crippen molar-refractivity contribution in [2.75, 3.05) is 32.8 Å². The highest BCUT2D eigenvalue weighted by atomic mass is 127. The van der Waals surface area contributed by atoms with Crippen molar-refractivity contribution in [3.63, 3.8) is 0 Å². The Balaban J connectivity index is 0.00000242. The van der Waals surface area contributed by atoms with Crippen LogP contribution in [-0.4, -0.2) is 62.0 Å². The average molecular weight is 436 g/mol. The lowest BCUT2D eigenvalue weighted by atomic mass is 10.2. The van der Waals surface area contributed by atoms with Crippen molar-refractivity contribution in [2.24, 2.45) is 10.7 Å². The largest absolute Gasteiger partial charge is 0.405 e. The summed E-state index contributed by atoms with van der Waals surface area (Å²) >= 11 is 0. The molecule has 130 valence electrons. The minimum Gasteiger partial charge on any atom is -0.379 e. The zero-order chi connectivity index (χ0) is 15.3. The summed E-state index contributed by atoms with van der Waals surface area (Å²) in [4.78, 5) is 5.28. The van der Waals surface area contributed by atoms with Gasteiger partial charge in [-0.1, -0.05) is 12.8 Å². The summed E-state index contributed by atoms with van der Waals surface area (Å²) in [5.74, 6) is 0.115. The summed E-state index contributed by atoms with van der Waals surface area (Å²) in [5.41, 5.74) is 5.70. The van der Waals surface area contributed by atoms with Crippen LogP contribution in [0.1, 0.15) is 25.7 Å². The van der Waals surface area contributed by atoms with E-state index in [1.807, 2.05) is 0 Å². The molecule has 5 nitrogen and oxygen atoms in total. The highest BCUT2D eigenvalue weighted by molar-refractivity contribution is 14.0. The van der Waals surface area contributed by atoms with Gasteiger partial charge in [0.25, 0.3) is 0 Å². The molecule has 1 atom stereocenters. The van der Waals surface area contributed by atoms with Gasteiger partial charge in [0.2, 0.25) is 0 Å². The first-order valence-electron chi connectivity index (χ1n) is 7.42. The molecule has 2 aliphatic rings. The fourth-order valence-electron chi connectivity index (χ4n) is 2.82. The van der Waals surface area contributed by atoms with E-state index in [9.17, 15) is 13.2 Å². The SMILES string of the molecule is I.NC(=NCC(N1CCOCC1)C(F)(F)F)NC1CCCC1. The summed E-state index contributed by atoms with van der Waals surface area (Å²) in [6, 6.07) is -1.34. The lowest BCUT2D eigenvalue weighted by Gasteiger charge is -2.34. The molecule has 2 fully saturated rings.